The minimum absolute atomic E-state index is 0.108. The summed E-state index contributed by atoms with van der Waals surface area (Å²) in [5, 5.41) is 0. The van der Waals surface area contributed by atoms with Crippen molar-refractivity contribution in [2.45, 2.75) is 12.8 Å². The zero-order valence-electron chi connectivity index (χ0n) is 6.25. The molecule has 0 aliphatic carbocycles. The van der Waals surface area contributed by atoms with Crippen LogP contribution in [0.4, 0.5) is 0 Å². The molecule has 0 aromatic carbocycles. The molecule has 8 heteroatoms. The van der Waals surface area contributed by atoms with Gasteiger partial charge in [-0.3, -0.25) is 0 Å². The highest BCUT2D eigenvalue weighted by Crippen LogP contribution is 2.24. The SMILES string of the molecule is [O-]P([O-])OCCCCOP(O)O. The fourth-order valence-electron chi connectivity index (χ4n) is 0.489. The molecule has 0 aromatic heterocycles. The van der Waals surface area contributed by atoms with Gasteiger partial charge in [-0.05, 0) is 12.8 Å². The topological polar surface area (TPSA) is 105 Å². The van der Waals surface area contributed by atoms with Gasteiger partial charge >= 0.3 is 8.60 Å². The summed E-state index contributed by atoms with van der Waals surface area (Å²) in [5.74, 6) is 0. The lowest BCUT2D eigenvalue weighted by Gasteiger charge is -2.28. The second-order valence-corrected chi connectivity index (χ2v) is 3.32. The summed E-state index contributed by atoms with van der Waals surface area (Å²) in [7, 11) is -5.06. The van der Waals surface area contributed by atoms with Gasteiger partial charge in [0.05, 0.1) is 6.61 Å². The smallest absolute Gasteiger partial charge is 0.327 e. The molecule has 0 saturated heterocycles. The van der Waals surface area contributed by atoms with Crippen LogP contribution in [0, 0.1) is 0 Å². The maximum atomic E-state index is 9.85. The summed E-state index contributed by atoms with van der Waals surface area (Å²) in [6.45, 7) is 0.300. The highest BCUT2D eigenvalue weighted by Gasteiger charge is 1.97. The first-order valence-electron chi connectivity index (χ1n) is 3.21. The zero-order chi connectivity index (χ0) is 9.40. The van der Waals surface area contributed by atoms with Crippen LogP contribution in [0.2, 0.25) is 0 Å². The average Bonchev–Trinajstić information content (AvgIpc) is 1.95. The van der Waals surface area contributed by atoms with E-state index in [0.29, 0.717) is 12.8 Å². The molecule has 0 saturated carbocycles. The molecule has 0 radical (unpaired) electrons. The van der Waals surface area contributed by atoms with Crippen LogP contribution in [0.15, 0.2) is 0 Å². The molecular weight excluding hydrogens is 206 g/mol. The van der Waals surface area contributed by atoms with Crippen molar-refractivity contribution >= 4 is 17.2 Å². The Morgan fingerprint density at radius 3 is 1.92 bits per heavy atom. The zero-order valence-corrected chi connectivity index (χ0v) is 8.04. The van der Waals surface area contributed by atoms with Crippen LogP contribution < -0.4 is 9.79 Å². The Bertz CT molecular complexity index is 87.5. The predicted molar refractivity (Wildman–Crippen MR) is 39.4 cm³/mol. The van der Waals surface area contributed by atoms with Crippen LogP contribution in [-0.4, -0.2) is 23.0 Å². The van der Waals surface area contributed by atoms with Gasteiger partial charge in [0.15, 0.2) is 0 Å². The lowest BCUT2D eigenvalue weighted by molar-refractivity contribution is -0.318. The Morgan fingerprint density at radius 2 is 1.50 bits per heavy atom. The summed E-state index contributed by atoms with van der Waals surface area (Å²) in [6.07, 6.45) is 1.04. The quantitative estimate of drug-likeness (QED) is 0.416. The second-order valence-electron chi connectivity index (χ2n) is 1.85. The van der Waals surface area contributed by atoms with Gasteiger partial charge in [0.25, 0.3) is 0 Å². The molecule has 0 heterocycles. The van der Waals surface area contributed by atoms with Crippen LogP contribution >= 0.6 is 17.2 Å². The number of hydrogen-bond acceptors (Lipinski definition) is 6. The largest absolute Gasteiger partial charge is 0.820 e. The molecule has 0 bridgehead atoms. The predicted octanol–water partition coefficient (Wildman–Crippen LogP) is -1.04. The highest BCUT2D eigenvalue weighted by atomic mass is 31.2. The molecule has 6 nitrogen and oxygen atoms in total. The monoisotopic (exact) mass is 216 g/mol. The summed E-state index contributed by atoms with van der Waals surface area (Å²) in [6, 6.07) is 0. The van der Waals surface area contributed by atoms with Crippen LogP contribution in [-0.2, 0) is 9.05 Å². The lowest BCUT2D eigenvalue weighted by Crippen LogP contribution is -2.11. The van der Waals surface area contributed by atoms with Gasteiger partial charge in [0.1, 0.15) is 0 Å². The second kappa shape index (κ2) is 8.23. The summed E-state index contributed by atoms with van der Waals surface area (Å²) < 4.78 is 8.65. The van der Waals surface area contributed by atoms with E-state index in [4.69, 9.17) is 9.79 Å². The number of rotatable bonds is 7. The van der Waals surface area contributed by atoms with Crippen molar-refractivity contribution in [2.24, 2.45) is 0 Å². The summed E-state index contributed by atoms with van der Waals surface area (Å²) in [5.41, 5.74) is 0. The van der Waals surface area contributed by atoms with Gasteiger partial charge < -0.3 is 28.6 Å². The van der Waals surface area contributed by atoms with Gasteiger partial charge in [0.2, 0.25) is 0 Å². The summed E-state index contributed by atoms with van der Waals surface area (Å²) in [4.78, 5) is 36.2. The third-order valence-electron chi connectivity index (χ3n) is 0.942. The van der Waals surface area contributed by atoms with E-state index in [1.54, 1.807) is 0 Å². The van der Waals surface area contributed by atoms with Crippen molar-refractivity contribution in [3.05, 3.63) is 0 Å². The molecule has 0 rings (SSSR count). The molecule has 0 aromatic rings. The average molecular weight is 216 g/mol. The first-order chi connectivity index (χ1) is 5.63. The maximum absolute atomic E-state index is 9.85. The fourth-order valence-corrected chi connectivity index (χ4v) is 1.06. The molecule has 0 fully saturated rings. The van der Waals surface area contributed by atoms with Crippen molar-refractivity contribution in [3.8, 4) is 0 Å². The van der Waals surface area contributed by atoms with Crippen molar-refractivity contribution in [2.75, 3.05) is 13.2 Å². The molecule has 74 valence electrons. The first-order valence-corrected chi connectivity index (χ1v) is 5.47. The Labute approximate surface area is 72.8 Å². The van der Waals surface area contributed by atoms with Crippen LogP contribution in [0.5, 0.6) is 0 Å². The minimum Gasteiger partial charge on any atom is -0.820 e. The van der Waals surface area contributed by atoms with Gasteiger partial charge in [-0.15, -0.1) is 0 Å². The maximum Gasteiger partial charge on any atom is 0.327 e. The van der Waals surface area contributed by atoms with E-state index in [0.717, 1.165) is 0 Å². The van der Waals surface area contributed by atoms with Crippen molar-refractivity contribution < 1.29 is 28.6 Å². The lowest BCUT2D eigenvalue weighted by atomic mass is 10.3. The van der Waals surface area contributed by atoms with E-state index in [-0.39, 0.29) is 13.2 Å². The van der Waals surface area contributed by atoms with Gasteiger partial charge in [-0.2, -0.15) is 8.60 Å². The first kappa shape index (κ1) is 12.6. The molecule has 0 amide bonds. The number of hydrogen-bond donors (Lipinski definition) is 2. The van der Waals surface area contributed by atoms with E-state index in [1.165, 1.54) is 0 Å². The minimum atomic E-state index is -2.77. The van der Waals surface area contributed by atoms with E-state index < -0.39 is 17.2 Å². The van der Waals surface area contributed by atoms with E-state index in [9.17, 15) is 9.79 Å². The van der Waals surface area contributed by atoms with Crippen LogP contribution in [0.25, 0.3) is 0 Å². The fraction of sp³-hybridized carbons (Fsp3) is 1.00. The molecule has 0 unspecified atom stereocenters. The van der Waals surface area contributed by atoms with Crippen LogP contribution in [0.1, 0.15) is 12.8 Å². The molecule has 0 spiro atoms. The normalized spacial score (nSPS) is 11.5. The number of unbranched alkanes of at least 4 members (excludes halogenated alkanes) is 1. The standard InChI is InChI=1S/C4H10O6P2/c5-11(6)9-3-1-2-4-10-12(7)8/h5-6H,1-4H2/q-2. The van der Waals surface area contributed by atoms with Crippen molar-refractivity contribution in [1.29, 1.82) is 0 Å². The van der Waals surface area contributed by atoms with Gasteiger partial charge in [0, 0.05) is 6.61 Å². The van der Waals surface area contributed by atoms with E-state index in [2.05, 4.69) is 9.05 Å². The third kappa shape index (κ3) is 10.6. The Morgan fingerprint density at radius 1 is 1.00 bits per heavy atom. The molecule has 12 heavy (non-hydrogen) atoms. The van der Waals surface area contributed by atoms with E-state index >= 15 is 0 Å². The molecule has 2 N–H and O–H groups in total. The van der Waals surface area contributed by atoms with Crippen molar-refractivity contribution in [1.82, 2.24) is 0 Å². The van der Waals surface area contributed by atoms with Crippen molar-refractivity contribution in [3.63, 3.8) is 0 Å². The van der Waals surface area contributed by atoms with Gasteiger partial charge in [-0.25, -0.2) is 0 Å². The molecular formula is C4H10O6P2-2. The molecule has 0 aliphatic rings. The highest BCUT2D eigenvalue weighted by molar-refractivity contribution is 7.39. The molecule has 0 atom stereocenters. The van der Waals surface area contributed by atoms with Gasteiger partial charge in [-0.1, -0.05) is 0 Å². The Kier molecular flexibility index (Phi) is 8.65. The molecule has 0 aliphatic heterocycles. The Hall–Kier alpha value is 0.620. The summed E-state index contributed by atoms with van der Waals surface area (Å²) >= 11 is 0. The third-order valence-corrected chi connectivity index (χ3v) is 1.75. The Balaban J connectivity index is 2.91. The van der Waals surface area contributed by atoms with Crippen LogP contribution in [0.3, 0.4) is 0 Å². The van der Waals surface area contributed by atoms with E-state index in [1.807, 2.05) is 0 Å².